The maximum Gasteiger partial charge on any atom is 0.329 e. The van der Waals surface area contributed by atoms with Crippen molar-refractivity contribution in [1.29, 1.82) is 0 Å². The molecule has 17 heavy (non-hydrogen) atoms. The predicted octanol–water partition coefficient (Wildman–Crippen LogP) is 0.940. The van der Waals surface area contributed by atoms with Gasteiger partial charge in [-0.1, -0.05) is 13.3 Å². The number of nitrogens with zero attached hydrogens (tertiary/aromatic N) is 1. The normalized spacial score (nSPS) is 18.4. The highest BCUT2D eigenvalue weighted by molar-refractivity contribution is 5.75. The van der Waals surface area contributed by atoms with E-state index in [4.69, 9.17) is 5.11 Å². The molecule has 6 heteroatoms. The molecule has 0 aromatic rings. The summed E-state index contributed by atoms with van der Waals surface area (Å²) in [6.07, 6.45) is 3.96. The third kappa shape index (κ3) is 5.53. The predicted molar refractivity (Wildman–Crippen MR) is 63.4 cm³/mol. The Bertz CT molecular complexity index is 265. The summed E-state index contributed by atoms with van der Waals surface area (Å²) in [6, 6.07) is -0.614. The molecule has 0 aromatic carbocycles. The molecule has 3 N–H and O–H groups in total. The molecule has 0 aromatic heterocycles. The van der Waals surface area contributed by atoms with Gasteiger partial charge in [-0.25, -0.2) is 9.80 Å². The number of carboxylic acids is 1. The fourth-order valence-electron chi connectivity index (χ4n) is 1.88. The Morgan fingerprint density at radius 3 is 2.47 bits per heavy atom. The minimum Gasteiger partial charge on any atom is -0.481 e. The Balaban J connectivity index is 2.28. The number of piperidine rings is 1. The van der Waals surface area contributed by atoms with Gasteiger partial charge in [0, 0.05) is 19.1 Å². The first-order chi connectivity index (χ1) is 8.11. The Morgan fingerprint density at radius 1 is 1.29 bits per heavy atom. The van der Waals surface area contributed by atoms with Crippen LogP contribution in [0.3, 0.4) is 0 Å². The van der Waals surface area contributed by atoms with Crippen LogP contribution in [0.1, 0.15) is 39.0 Å². The summed E-state index contributed by atoms with van der Waals surface area (Å²) in [5, 5.41) is 13.2. The molecule has 6 nitrogen and oxygen atoms in total. The summed E-state index contributed by atoms with van der Waals surface area (Å²) in [6.45, 7) is 3.58. The lowest BCUT2D eigenvalue weighted by Crippen LogP contribution is -2.51. The van der Waals surface area contributed by atoms with Crippen LogP contribution in [0.25, 0.3) is 0 Å². The van der Waals surface area contributed by atoms with E-state index in [1.54, 1.807) is 0 Å². The molecule has 0 radical (unpaired) electrons. The first kappa shape index (κ1) is 13.8. The number of carbonyl (C=O) groups is 2. The molecule has 98 valence electrons. The molecular weight excluding hydrogens is 222 g/mol. The third-order valence-corrected chi connectivity index (χ3v) is 2.86. The van der Waals surface area contributed by atoms with E-state index in [1.807, 2.05) is 11.9 Å². The van der Waals surface area contributed by atoms with Crippen molar-refractivity contribution in [3.63, 3.8) is 0 Å². The SMILES string of the molecule is CCC(CC(=O)O)NC(=O)NN1CCCCC1. The highest BCUT2D eigenvalue weighted by Crippen LogP contribution is 2.05. The number of urea groups is 1. The smallest absolute Gasteiger partial charge is 0.329 e. The molecule has 1 unspecified atom stereocenters. The number of hydrogen-bond acceptors (Lipinski definition) is 3. The summed E-state index contributed by atoms with van der Waals surface area (Å²) >= 11 is 0. The highest BCUT2D eigenvalue weighted by atomic mass is 16.4. The average molecular weight is 243 g/mol. The van der Waals surface area contributed by atoms with Crippen LogP contribution in [-0.2, 0) is 4.79 Å². The minimum absolute atomic E-state index is 0.0378. The van der Waals surface area contributed by atoms with Gasteiger partial charge in [-0.05, 0) is 19.3 Å². The fraction of sp³-hybridized carbons (Fsp3) is 0.818. The first-order valence-electron chi connectivity index (χ1n) is 6.15. The number of rotatable bonds is 5. The van der Waals surface area contributed by atoms with E-state index in [1.165, 1.54) is 6.42 Å². The van der Waals surface area contributed by atoms with E-state index in [0.29, 0.717) is 6.42 Å². The first-order valence-corrected chi connectivity index (χ1v) is 6.15. The second-order valence-corrected chi connectivity index (χ2v) is 4.34. The van der Waals surface area contributed by atoms with Crippen LogP contribution in [0.4, 0.5) is 4.79 Å². The number of hydrogen-bond donors (Lipinski definition) is 3. The van der Waals surface area contributed by atoms with Crippen LogP contribution in [0.15, 0.2) is 0 Å². The molecule has 1 heterocycles. The van der Waals surface area contributed by atoms with Crippen LogP contribution in [-0.4, -0.2) is 41.2 Å². The Hall–Kier alpha value is -1.30. The maximum atomic E-state index is 11.6. The fourth-order valence-corrected chi connectivity index (χ4v) is 1.88. The van der Waals surface area contributed by atoms with Crippen molar-refractivity contribution >= 4 is 12.0 Å². The summed E-state index contributed by atoms with van der Waals surface area (Å²) in [5.41, 5.74) is 2.75. The maximum absolute atomic E-state index is 11.6. The zero-order valence-electron chi connectivity index (χ0n) is 10.2. The van der Waals surface area contributed by atoms with E-state index < -0.39 is 5.97 Å². The third-order valence-electron chi connectivity index (χ3n) is 2.86. The molecule has 1 fully saturated rings. The van der Waals surface area contributed by atoms with Crippen LogP contribution in [0, 0.1) is 0 Å². The summed E-state index contributed by atoms with van der Waals surface area (Å²) < 4.78 is 0. The van der Waals surface area contributed by atoms with Crippen molar-refractivity contribution < 1.29 is 14.7 Å². The van der Waals surface area contributed by atoms with Gasteiger partial charge in [-0.15, -0.1) is 0 Å². The van der Waals surface area contributed by atoms with Crippen molar-refractivity contribution in [2.45, 2.75) is 45.1 Å². The lowest BCUT2D eigenvalue weighted by molar-refractivity contribution is -0.137. The van der Waals surface area contributed by atoms with Crippen molar-refractivity contribution in [2.75, 3.05) is 13.1 Å². The Labute approximate surface area is 101 Å². The largest absolute Gasteiger partial charge is 0.481 e. The second-order valence-electron chi connectivity index (χ2n) is 4.34. The monoisotopic (exact) mass is 243 g/mol. The molecule has 0 bridgehead atoms. The Morgan fingerprint density at radius 2 is 1.94 bits per heavy atom. The van der Waals surface area contributed by atoms with Crippen LogP contribution in [0.5, 0.6) is 0 Å². The van der Waals surface area contributed by atoms with Crippen molar-refractivity contribution in [3.05, 3.63) is 0 Å². The number of nitrogens with one attached hydrogen (secondary N) is 2. The van der Waals surface area contributed by atoms with Gasteiger partial charge in [-0.2, -0.15) is 0 Å². The average Bonchev–Trinajstić information content (AvgIpc) is 2.28. The summed E-state index contributed by atoms with van der Waals surface area (Å²) in [5.74, 6) is -0.893. The van der Waals surface area contributed by atoms with E-state index in [0.717, 1.165) is 25.9 Å². The molecule has 0 aliphatic carbocycles. The molecule has 1 atom stereocenters. The van der Waals surface area contributed by atoms with Gasteiger partial charge in [-0.3, -0.25) is 10.2 Å². The summed E-state index contributed by atoms with van der Waals surface area (Å²) in [4.78, 5) is 22.2. The van der Waals surface area contributed by atoms with Crippen molar-refractivity contribution in [1.82, 2.24) is 15.8 Å². The zero-order valence-corrected chi connectivity index (χ0v) is 10.2. The molecule has 0 saturated carbocycles. The molecule has 1 aliphatic heterocycles. The molecule has 1 aliphatic rings. The van der Waals surface area contributed by atoms with Gasteiger partial charge in [0.1, 0.15) is 0 Å². The molecule has 0 spiro atoms. The zero-order chi connectivity index (χ0) is 12.7. The quantitative estimate of drug-likeness (QED) is 0.671. The van der Waals surface area contributed by atoms with Gasteiger partial charge in [0.05, 0.1) is 6.42 Å². The Kier molecular flexibility index (Phi) is 5.76. The van der Waals surface area contributed by atoms with E-state index in [9.17, 15) is 9.59 Å². The van der Waals surface area contributed by atoms with Gasteiger partial charge in [0.25, 0.3) is 0 Å². The van der Waals surface area contributed by atoms with Gasteiger partial charge < -0.3 is 10.4 Å². The number of carbonyl (C=O) groups excluding carboxylic acids is 1. The summed E-state index contributed by atoms with van der Waals surface area (Å²) in [7, 11) is 0. The number of hydrazine groups is 1. The molecule has 1 saturated heterocycles. The lowest BCUT2D eigenvalue weighted by atomic mass is 10.1. The van der Waals surface area contributed by atoms with E-state index >= 15 is 0 Å². The molecule has 1 rings (SSSR count). The molecular formula is C11H21N3O3. The van der Waals surface area contributed by atoms with Crippen molar-refractivity contribution in [2.24, 2.45) is 0 Å². The van der Waals surface area contributed by atoms with Crippen molar-refractivity contribution in [3.8, 4) is 0 Å². The van der Waals surface area contributed by atoms with E-state index in [-0.39, 0.29) is 18.5 Å². The molecule has 2 amide bonds. The van der Waals surface area contributed by atoms with Crippen LogP contribution in [0.2, 0.25) is 0 Å². The highest BCUT2D eigenvalue weighted by Gasteiger charge is 2.16. The lowest BCUT2D eigenvalue weighted by Gasteiger charge is -2.27. The number of amides is 2. The topological polar surface area (TPSA) is 81.7 Å². The second kappa shape index (κ2) is 7.11. The minimum atomic E-state index is -0.893. The standard InChI is InChI=1S/C11H21N3O3/c1-2-9(8-10(15)16)12-11(17)13-14-6-4-3-5-7-14/h9H,2-8H2,1H3,(H,15,16)(H2,12,13,17). The van der Waals surface area contributed by atoms with Crippen LogP contribution >= 0.6 is 0 Å². The van der Waals surface area contributed by atoms with Gasteiger partial charge >= 0.3 is 12.0 Å². The van der Waals surface area contributed by atoms with Gasteiger partial charge in [0.15, 0.2) is 0 Å². The van der Waals surface area contributed by atoms with Crippen LogP contribution < -0.4 is 10.7 Å². The van der Waals surface area contributed by atoms with Gasteiger partial charge in [0.2, 0.25) is 0 Å². The van der Waals surface area contributed by atoms with E-state index in [2.05, 4.69) is 10.7 Å². The number of carboxylic acid groups (broad SMARTS) is 1. The number of aliphatic carboxylic acids is 1.